The molecule has 78 valence electrons. The molecule has 2 rings (SSSR count). The van der Waals surface area contributed by atoms with Crippen LogP contribution in [0.3, 0.4) is 0 Å². The number of ketones is 1. The standard InChI is InChI=1S/C12H12O3/c1-15-12(14)7-8-6-11(13)10-5-3-2-4-9(8)10/h2-5,8H,6-7H2,1H3. The van der Waals surface area contributed by atoms with Crippen molar-refractivity contribution < 1.29 is 14.3 Å². The molecule has 0 heterocycles. The van der Waals surface area contributed by atoms with Gasteiger partial charge in [-0.25, -0.2) is 0 Å². The fourth-order valence-corrected chi connectivity index (χ4v) is 2.02. The van der Waals surface area contributed by atoms with Gasteiger partial charge in [-0.1, -0.05) is 24.3 Å². The molecule has 0 aromatic heterocycles. The molecule has 0 bridgehead atoms. The SMILES string of the molecule is COC(=O)CC1CC(=O)c2ccccc21. The van der Waals surface area contributed by atoms with Gasteiger partial charge in [0.2, 0.25) is 0 Å². The Bertz CT molecular complexity index is 409. The van der Waals surface area contributed by atoms with E-state index in [1.165, 1.54) is 7.11 Å². The van der Waals surface area contributed by atoms with Crippen LogP contribution in [-0.4, -0.2) is 18.9 Å². The van der Waals surface area contributed by atoms with Crippen LogP contribution in [0.2, 0.25) is 0 Å². The molecule has 3 nitrogen and oxygen atoms in total. The predicted molar refractivity (Wildman–Crippen MR) is 54.8 cm³/mol. The third kappa shape index (κ3) is 1.77. The molecule has 1 aromatic carbocycles. The maximum absolute atomic E-state index is 11.6. The zero-order valence-electron chi connectivity index (χ0n) is 8.53. The third-order valence-electron chi connectivity index (χ3n) is 2.77. The highest BCUT2D eigenvalue weighted by molar-refractivity contribution is 6.01. The van der Waals surface area contributed by atoms with E-state index >= 15 is 0 Å². The van der Waals surface area contributed by atoms with Crippen molar-refractivity contribution in [2.45, 2.75) is 18.8 Å². The van der Waals surface area contributed by atoms with Gasteiger partial charge in [0, 0.05) is 17.9 Å². The molecule has 0 fully saturated rings. The average molecular weight is 204 g/mol. The van der Waals surface area contributed by atoms with Crippen molar-refractivity contribution in [3.8, 4) is 0 Å². The van der Waals surface area contributed by atoms with E-state index in [1.807, 2.05) is 24.3 Å². The number of carbonyl (C=O) groups excluding carboxylic acids is 2. The summed E-state index contributed by atoms with van der Waals surface area (Å²) in [6, 6.07) is 7.46. The predicted octanol–water partition coefficient (Wildman–Crippen LogP) is 1.92. The van der Waals surface area contributed by atoms with Gasteiger partial charge in [-0.15, -0.1) is 0 Å². The molecular formula is C12H12O3. The van der Waals surface area contributed by atoms with Gasteiger partial charge in [0.1, 0.15) is 0 Å². The van der Waals surface area contributed by atoms with Crippen molar-refractivity contribution in [3.05, 3.63) is 35.4 Å². The lowest BCUT2D eigenvalue weighted by atomic mass is 9.98. The second-order valence-electron chi connectivity index (χ2n) is 3.69. The normalized spacial score (nSPS) is 18.7. The van der Waals surface area contributed by atoms with Crippen LogP contribution in [0.25, 0.3) is 0 Å². The fourth-order valence-electron chi connectivity index (χ4n) is 2.02. The van der Waals surface area contributed by atoms with Crippen molar-refractivity contribution in [3.63, 3.8) is 0 Å². The molecule has 1 aromatic rings. The molecule has 0 aliphatic heterocycles. The molecule has 1 aliphatic carbocycles. The summed E-state index contributed by atoms with van der Waals surface area (Å²) in [5.41, 5.74) is 1.74. The summed E-state index contributed by atoms with van der Waals surface area (Å²) in [4.78, 5) is 22.7. The Morgan fingerprint density at radius 2 is 2.20 bits per heavy atom. The highest BCUT2D eigenvalue weighted by Crippen LogP contribution is 2.35. The fraction of sp³-hybridized carbons (Fsp3) is 0.333. The molecule has 3 heteroatoms. The largest absolute Gasteiger partial charge is 0.469 e. The second kappa shape index (κ2) is 3.85. The zero-order chi connectivity index (χ0) is 10.8. The number of Topliss-reactive ketones (excluding diaryl/α,β-unsaturated/α-hetero) is 1. The molecular weight excluding hydrogens is 192 g/mol. The molecule has 0 saturated carbocycles. The number of methoxy groups -OCH3 is 1. The van der Waals surface area contributed by atoms with Crippen molar-refractivity contribution in [2.24, 2.45) is 0 Å². The number of rotatable bonds is 2. The Hall–Kier alpha value is -1.64. The van der Waals surface area contributed by atoms with Crippen LogP contribution in [0.1, 0.15) is 34.7 Å². The van der Waals surface area contributed by atoms with Gasteiger partial charge in [0.05, 0.1) is 13.5 Å². The summed E-state index contributed by atoms with van der Waals surface area (Å²) in [7, 11) is 1.37. The van der Waals surface area contributed by atoms with Crippen molar-refractivity contribution in [1.82, 2.24) is 0 Å². The molecule has 1 unspecified atom stereocenters. The van der Waals surface area contributed by atoms with Crippen LogP contribution in [0, 0.1) is 0 Å². The Balaban J connectivity index is 2.25. The number of esters is 1. The number of carbonyl (C=O) groups is 2. The number of benzene rings is 1. The monoisotopic (exact) mass is 204 g/mol. The van der Waals surface area contributed by atoms with E-state index in [9.17, 15) is 9.59 Å². The topological polar surface area (TPSA) is 43.4 Å². The Morgan fingerprint density at radius 3 is 2.93 bits per heavy atom. The van der Waals surface area contributed by atoms with E-state index in [-0.39, 0.29) is 17.7 Å². The molecule has 15 heavy (non-hydrogen) atoms. The maximum Gasteiger partial charge on any atom is 0.306 e. The van der Waals surface area contributed by atoms with Gasteiger partial charge in [0.25, 0.3) is 0 Å². The van der Waals surface area contributed by atoms with Crippen LogP contribution in [0.4, 0.5) is 0 Å². The molecule has 0 amide bonds. The molecule has 0 radical (unpaired) electrons. The molecule has 0 N–H and O–H groups in total. The Morgan fingerprint density at radius 1 is 1.47 bits per heavy atom. The Kier molecular flexibility index (Phi) is 2.54. The third-order valence-corrected chi connectivity index (χ3v) is 2.77. The van der Waals surface area contributed by atoms with Gasteiger partial charge < -0.3 is 4.74 Å². The van der Waals surface area contributed by atoms with E-state index in [0.29, 0.717) is 12.8 Å². The van der Waals surface area contributed by atoms with Crippen LogP contribution in [0.15, 0.2) is 24.3 Å². The minimum absolute atomic E-state index is 0.00106. The van der Waals surface area contributed by atoms with E-state index < -0.39 is 0 Å². The summed E-state index contributed by atoms with van der Waals surface area (Å²) in [5.74, 6) is -0.134. The first-order valence-electron chi connectivity index (χ1n) is 4.91. The lowest BCUT2D eigenvalue weighted by Crippen LogP contribution is -2.06. The van der Waals surface area contributed by atoms with E-state index in [0.717, 1.165) is 11.1 Å². The number of fused-ring (bicyclic) bond motifs is 1. The average Bonchev–Trinajstić information content (AvgIpc) is 2.57. The molecule has 0 spiro atoms. The first-order valence-corrected chi connectivity index (χ1v) is 4.91. The van der Waals surface area contributed by atoms with Gasteiger partial charge in [-0.3, -0.25) is 9.59 Å². The Labute approximate surface area is 88.1 Å². The number of hydrogen-bond donors (Lipinski definition) is 0. The minimum atomic E-state index is -0.260. The van der Waals surface area contributed by atoms with Crippen LogP contribution >= 0.6 is 0 Å². The molecule has 1 aliphatic rings. The van der Waals surface area contributed by atoms with Gasteiger partial charge in [0.15, 0.2) is 5.78 Å². The van der Waals surface area contributed by atoms with Crippen LogP contribution in [-0.2, 0) is 9.53 Å². The van der Waals surface area contributed by atoms with Crippen LogP contribution in [0.5, 0.6) is 0 Å². The van der Waals surface area contributed by atoms with Crippen molar-refractivity contribution in [2.75, 3.05) is 7.11 Å². The van der Waals surface area contributed by atoms with Crippen molar-refractivity contribution in [1.29, 1.82) is 0 Å². The maximum atomic E-state index is 11.6. The molecule has 0 saturated heterocycles. The van der Waals surface area contributed by atoms with E-state index in [2.05, 4.69) is 4.74 Å². The smallest absolute Gasteiger partial charge is 0.306 e. The van der Waals surface area contributed by atoms with Gasteiger partial charge >= 0.3 is 5.97 Å². The van der Waals surface area contributed by atoms with Gasteiger partial charge in [-0.2, -0.15) is 0 Å². The summed E-state index contributed by atoms with van der Waals surface area (Å²) in [6.07, 6.45) is 0.716. The summed E-state index contributed by atoms with van der Waals surface area (Å²) < 4.78 is 4.61. The highest BCUT2D eigenvalue weighted by Gasteiger charge is 2.30. The van der Waals surface area contributed by atoms with Crippen molar-refractivity contribution >= 4 is 11.8 Å². The number of hydrogen-bond acceptors (Lipinski definition) is 3. The number of ether oxygens (including phenoxy) is 1. The molecule has 1 atom stereocenters. The summed E-state index contributed by atoms with van der Waals surface area (Å²) in [6.45, 7) is 0. The van der Waals surface area contributed by atoms with Crippen LogP contribution < -0.4 is 0 Å². The highest BCUT2D eigenvalue weighted by atomic mass is 16.5. The van der Waals surface area contributed by atoms with E-state index in [4.69, 9.17) is 0 Å². The second-order valence-corrected chi connectivity index (χ2v) is 3.69. The lowest BCUT2D eigenvalue weighted by molar-refractivity contribution is -0.141. The van der Waals surface area contributed by atoms with E-state index in [1.54, 1.807) is 0 Å². The lowest BCUT2D eigenvalue weighted by Gasteiger charge is -2.08. The minimum Gasteiger partial charge on any atom is -0.469 e. The van der Waals surface area contributed by atoms with Gasteiger partial charge in [-0.05, 0) is 5.56 Å². The zero-order valence-corrected chi connectivity index (χ0v) is 8.53. The summed E-state index contributed by atoms with van der Waals surface area (Å²) in [5, 5.41) is 0. The summed E-state index contributed by atoms with van der Waals surface area (Å²) >= 11 is 0. The quantitative estimate of drug-likeness (QED) is 0.691. The first-order chi connectivity index (χ1) is 7.22. The first kappa shape index (κ1) is 9.90.